The molecular weight excluding hydrogens is 499 g/mol. The second-order valence-electron chi connectivity index (χ2n) is 8.93. The fourth-order valence-corrected chi connectivity index (χ4v) is 5.75. The number of carboxylic acids is 1. The third kappa shape index (κ3) is 7.18. The van der Waals surface area contributed by atoms with Gasteiger partial charge in [0, 0.05) is 34.0 Å². The highest BCUT2D eigenvalue weighted by molar-refractivity contribution is 7.88. The van der Waals surface area contributed by atoms with Gasteiger partial charge >= 0.3 is 5.97 Å². The fourth-order valence-electron chi connectivity index (χ4n) is 4.67. The van der Waals surface area contributed by atoms with Gasteiger partial charge in [-0.15, -0.1) is 0 Å². The van der Waals surface area contributed by atoms with E-state index < -0.39 is 28.0 Å². The molecule has 1 heterocycles. The van der Waals surface area contributed by atoms with Crippen molar-refractivity contribution in [2.75, 3.05) is 6.26 Å². The summed E-state index contributed by atoms with van der Waals surface area (Å²) in [7, 11) is -3.52. The van der Waals surface area contributed by atoms with E-state index >= 15 is 0 Å². The molecule has 0 saturated carbocycles. The topological polar surface area (TPSA) is 113 Å². The highest BCUT2D eigenvalue weighted by Crippen LogP contribution is 2.39. The first-order valence-electron chi connectivity index (χ1n) is 10.9. The third-order valence-corrected chi connectivity index (χ3v) is 7.40. The van der Waals surface area contributed by atoms with Crippen LogP contribution in [-0.2, 0) is 19.6 Å². The number of nitrogens with one attached hydrogen (secondary N) is 2. The maximum absolute atomic E-state index is 12.8. The van der Waals surface area contributed by atoms with E-state index in [9.17, 15) is 23.1 Å². The molecule has 3 N–H and O–H groups in total. The Balaban J connectivity index is 1.91. The lowest BCUT2D eigenvalue weighted by Crippen LogP contribution is -2.52. The maximum atomic E-state index is 12.8. The first-order valence-corrected chi connectivity index (χ1v) is 13.6. The molecular formula is C24H28Cl2N2O5S. The van der Waals surface area contributed by atoms with Crippen molar-refractivity contribution in [3.05, 3.63) is 69.7 Å². The van der Waals surface area contributed by atoms with Crippen LogP contribution in [0.1, 0.15) is 49.3 Å². The molecule has 34 heavy (non-hydrogen) atoms. The molecule has 5 atom stereocenters. The number of hydrogen-bond donors (Lipinski definition) is 3. The number of hydrogen-bond acceptors (Lipinski definition) is 4. The second kappa shape index (κ2) is 11.1. The predicted octanol–water partition coefficient (Wildman–Crippen LogP) is 4.37. The second-order valence-corrected chi connectivity index (χ2v) is 11.6. The Kier molecular flexibility index (Phi) is 8.62. The summed E-state index contributed by atoms with van der Waals surface area (Å²) in [4.78, 5) is 24.1. The standard InChI is InChI=1S/C24H28Cl2N2O5S/c1-14(10-21(28-34(2,32)33)15-6-8-18(25)9-7-15)23-20(16-4-3-5-19(26)11-16)12-17(13-22(29)30)24(31)27-23/h3-9,11,14,17,20-21,23,28H,10,12-13H2,1-2H3,(H,27,31)(H,29,30)/t14?,17-,20-,21?,23+/m1/s1. The summed E-state index contributed by atoms with van der Waals surface area (Å²) in [6.45, 7) is 1.95. The van der Waals surface area contributed by atoms with Crippen LogP contribution in [0.4, 0.5) is 0 Å². The van der Waals surface area contributed by atoms with Gasteiger partial charge in [0.25, 0.3) is 0 Å². The fraction of sp³-hybridized carbons (Fsp3) is 0.417. The van der Waals surface area contributed by atoms with Crippen molar-refractivity contribution in [1.82, 2.24) is 10.0 Å². The first-order chi connectivity index (χ1) is 15.9. The Labute approximate surface area is 209 Å². The molecule has 1 fully saturated rings. The van der Waals surface area contributed by atoms with Gasteiger partial charge in [-0.3, -0.25) is 9.59 Å². The molecule has 184 valence electrons. The number of carbonyl (C=O) groups is 2. The van der Waals surface area contributed by atoms with E-state index in [1.54, 1.807) is 30.3 Å². The van der Waals surface area contributed by atoms with E-state index in [4.69, 9.17) is 23.2 Å². The Hall–Kier alpha value is -2.13. The lowest BCUT2D eigenvalue weighted by molar-refractivity contribution is -0.142. The van der Waals surface area contributed by atoms with Gasteiger partial charge in [-0.2, -0.15) is 0 Å². The van der Waals surface area contributed by atoms with Crippen molar-refractivity contribution in [3.8, 4) is 0 Å². The zero-order chi connectivity index (χ0) is 25.0. The van der Waals surface area contributed by atoms with Gasteiger partial charge in [0.15, 0.2) is 0 Å². The summed E-state index contributed by atoms with van der Waals surface area (Å²) in [5, 5.41) is 13.4. The monoisotopic (exact) mass is 526 g/mol. The van der Waals surface area contributed by atoms with Crippen molar-refractivity contribution >= 4 is 45.1 Å². The summed E-state index contributed by atoms with van der Waals surface area (Å²) >= 11 is 12.2. The smallest absolute Gasteiger partial charge is 0.304 e. The summed E-state index contributed by atoms with van der Waals surface area (Å²) in [6, 6.07) is 13.4. The highest BCUT2D eigenvalue weighted by Gasteiger charge is 2.40. The van der Waals surface area contributed by atoms with Crippen LogP contribution in [0.2, 0.25) is 10.0 Å². The number of aliphatic carboxylic acids is 1. The minimum absolute atomic E-state index is 0.159. The molecule has 0 spiro atoms. The third-order valence-electron chi connectivity index (χ3n) is 6.20. The van der Waals surface area contributed by atoms with E-state index in [1.165, 1.54) is 0 Å². The molecule has 1 saturated heterocycles. The normalized spacial score (nSPS) is 22.6. The number of halogens is 2. The van der Waals surface area contributed by atoms with Crippen LogP contribution in [0.25, 0.3) is 0 Å². The van der Waals surface area contributed by atoms with Crippen LogP contribution >= 0.6 is 23.2 Å². The number of carbonyl (C=O) groups excluding carboxylic acids is 1. The van der Waals surface area contributed by atoms with Gasteiger partial charge in [-0.05, 0) is 54.2 Å². The lowest BCUT2D eigenvalue weighted by Gasteiger charge is -2.40. The van der Waals surface area contributed by atoms with Gasteiger partial charge in [-0.1, -0.05) is 54.4 Å². The van der Waals surface area contributed by atoms with Crippen LogP contribution in [0.15, 0.2) is 48.5 Å². The quantitative estimate of drug-likeness (QED) is 0.448. The Morgan fingerprint density at radius 2 is 1.85 bits per heavy atom. The Morgan fingerprint density at radius 1 is 1.18 bits per heavy atom. The van der Waals surface area contributed by atoms with Gasteiger partial charge < -0.3 is 10.4 Å². The number of rotatable bonds is 9. The summed E-state index contributed by atoms with van der Waals surface area (Å²) < 4.78 is 26.9. The van der Waals surface area contributed by atoms with E-state index in [-0.39, 0.29) is 30.2 Å². The van der Waals surface area contributed by atoms with E-state index in [2.05, 4.69) is 10.0 Å². The molecule has 1 aliphatic heterocycles. The molecule has 2 aromatic carbocycles. The molecule has 7 nitrogen and oxygen atoms in total. The number of benzene rings is 2. The van der Waals surface area contributed by atoms with Gasteiger partial charge in [-0.25, -0.2) is 13.1 Å². The summed E-state index contributed by atoms with van der Waals surface area (Å²) in [5.41, 5.74) is 1.66. The van der Waals surface area contributed by atoms with Gasteiger partial charge in [0.1, 0.15) is 0 Å². The van der Waals surface area contributed by atoms with E-state index in [1.807, 2.05) is 25.1 Å². The van der Waals surface area contributed by atoms with Crippen LogP contribution < -0.4 is 10.0 Å². The molecule has 2 aromatic rings. The average molecular weight is 527 g/mol. The minimum Gasteiger partial charge on any atom is -0.481 e. The number of carboxylic acid groups (broad SMARTS) is 1. The average Bonchev–Trinajstić information content (AvgIpc) is 2.73. The summed E-state index contributed by atoms with van der Waals surface area (Å²) in [6.07, 6.45) is 1.61. The predicted molar refractivity (Wildman–Crippen MR) is 132 cm³/mol. The molecule has 0 aliphatic carbocycles. The lowest BCUT2D eigenvalue weighted by atomic mass is 9.73. The Morgan fingerprint density at radius 3 is 2.44 bits per heavy atom. The molecule has 10 heteroatoms. The van der Waals surface area contributed by atoms with E-state index in [0.29, 0.717) is 22.9 Å². The van der Waals surface area contributed by atoms with Gasteiger partial charge in [0.2, 0.25) is 15.9 Å². The number of piperidine rings is 1. The molecule has 2 unspecified atom stereocenters. The van der Waals surface area contributed by atoms with Crippen molar-refractivity contribution < 1.29 is 23.1 Å². The zero-order valence-electron chi connectivity index (χ0n) is 18.9. The molecule has 1 aliphatic rings. The molecule has 0 aromatic heterocycles. The SMILES string of the molecule is CC(CC(NS(C)(=O)=O)c1ccc(Cl)cc1)[C@@H]1NC(=O)[C@@H](CC(=O)O)C[C@@H]1c1cccc(Cl)c1. The first kappa shape index (κ1) is 26.5. The number of amides is 1. The molecule has 0 radical (unpaired) electrons. The highest BCUT2D eigenvalue weighted by atomic mass is 35.5. The number of sulfonamides is 1. The maximum Gasteiger partial charge on any atom is 0.304 e. The summed E-state index contributed by atoms with van der Waals surface area (Å²) in [5.74, 6) is -2.34. The largest absolute Gasteiger partial charge is 0.481 e. The minimum atomic E-state index is -3.52. The zero-order valence-corrected chi connectivity index (χ0v) is 21.2. The Bertz CT molecular complexity index is 1140. The van der Waals surface area contributed by atoms with Crippen molar-refractivity contribution in [1.29, 1.82) is 0 Å². The molecule has 1 amide bonds. The van der Waals surface area contributed by atoms with Crippen molar-refractivity contribution in [3.63, 3.8) is 0 Å². The molecule has 0 bridgehead atoms. The van der Waals surface area contributed by atoms with Gasteiger partial charge in [0.05, 0.1) is 12.7 Å². The van der Waals surface area contributed by atoms with Crippen LogP contribution in [0, 0.1) is 11.8 Å². The van der Waals surface area contributed by atoms with Crippen LogP contribution in [-0.4, -0.2) is 37.7 Å². The van der Waals surface area contributed by atoms with Crippen LogP contribution in [0.5, 0.6) is 0 Å². The van der Waals surface area contributed by atoms with Crippen molar-refractivity contribution in [2.45, 2.75) is 44.2 Å². The van der Waals surface area contributed by atoms with Crippen LogP contribution in [0.3, 0.4) is 0 Å². The van der Waals surface area contributed by atoms with E-state index in [0.717, 1.165) is 17.4 Å². The molecule has 3 rings (SSSR count). The van der Waals surface area contributed by atoms with Crippen molar-refractivity contribution in [2.24, 2.45) is 11.8 Å².